The number of benzene rings is 3. The Morgan fingerprint density at radius 2 is 1.54 bits per heavy atom. The molecule has 0 spiro atoms. The third-order valence-electron chi connectivity index (χ3n) is 8.86. The largest absolute Gasteiger partial charge is 0.455 e. The molecule has 264 valence electrons. The summed E-state index contributed by atoms with van der Waals surface area (Å²) in [7, 11) is -2.56. The van der Waals surface area contributed by atoms with E-state index in [9.17, 15) is 31.6 Å². The fraction of sp³-hybridized carbons (Fsp3) is 0.343. The number of anilines is 1. The molecule has 50 heavy (non-hydrogen) atoms. The quantitative estimate of drug-likeness (QED) is 0.290. The third kappa shape index (κ3) is 7.01. The van der Waals surface area contributed by atoms with Gasteiger partial charge in [0, 0.05) is 74.5 Å². The smallest absolute Gasteiger partial charge is 0.320 e. The number of urea groups is 1. The van der Waals surface area contributed by atoms with Gasteiger partial charge in [-0.25, -0.2) is 22.0 Å². The Morgan fingerprint density at radius 3 is 2.18 bits per heavy atom. The number of hydrogen-bond acceptors (Lipinski definition) is 7. The van der Waals surface area contributed by atoms with Crippen LogP contribution in [0.15, 0.2) is 65.1 Å². The second kappa shape index (κ2) is 14.5. The van der Waals surface area contributed by atoms with Gasteiger partial charge in [0.25, 0.3) is 11.8 Å². The molecule has 3 aromatic carbocycles. The van der Waals surface area contributed by atoms with Crippen molar-refractivity contribution in [2.75, 3.05) is 83.3 Å². The van der Waals surface area contributed by atoms with Crippen LogP contribution >= 0.6 is 0 Å². The van der Waals surface area contributed by atoms with Crippen molar-refractivity contribution in [3.63, 3.8) is 0 Å². The van der Waals surface area contributed by atoms with Crippen LogP contribution in [0.2, 0.25) is 0 Å². The first-order valence-electron chi connectivity index (χ1n) is 16.1. The van der Waals surface area contributed by atoms with Crippen LogP contribution in [0.4, 0.5) is 19.3 Å². The number of piperazine rings is 1. The summed E-state index contributed by atoms with van der Waals surface area (Å²) in [5.74, 6) is -1.12. The van der Waals surface area contributed by atoms with Crippen LogP contribution < -0.4 is 9.62 Å². The number of carbonyl (C=O) groups excluding carboxylic acids is 3. The number of halogens is 2. The summed E-state index contributed by atoms with van der Waals surface area (Å²) in [6.45, 7) is 1.96. The third-order valence-corrected chi connectivity index (χ3v) is 10.0. The van der Waals surface area contributed by atoms with Gasteiger partial charge in [0.05, 0.1) is 37.3 Å². The highest BCUT2D eigenvalue weighted by atomic mass is 32.2. The van der Waals surface area contributed by atoms with Gasteiger partial charge < -0.3 is 29.2 Å². The van der Waals surface area contributed by atoms with Gasteiger partial charge in [0.15, 0.2) is 0 Å². The van der Waals surface area contributed by atoms with Gasteiger partial charge in [-0.15, -0.1) is 0 Å². The second-order valence-corrected chi connectivity index (χ2v) is 13.9. The van der Waals surface area contributed by atoms with E-state index in [1.54, 1.807) is 45.0 Å². The molecule has 0 radical (unpaired) electrons. The molecule has 2 saturated heterocycles. The number of ether oxygens (including phenoxy) is 1. The Kier molecular flexibility index (Phi) is 10.1. The molecule has 0 aliphatic carbocycles. The van der Waals surface area contributed by atoms with Gasteiger partial charge in [-0.1, -0.05) is 12.1 Å². The van der Waals surface area contributed by atoms with E-state index >= 15 is 0 Å². The average Bonchev–Trinajstić information content (AvgIpc) is 3.51. The molecule has 3 heterocycles. The van der Waals surface area contributed by atoms with Crippen LogP contribution in [0.5, 0.6) is 0 Å². The number of rotatable bonds is 8. The van der Waals surface area contributed by atoms with Crippen molar-refractivity contribution in [2.24, 2.45) is 0 Å². The fourth-order valence-corrected chi connectivity index (χ4v) is 7.23. The SMILES string of the molecule is CNC(=O)c1c(-c2ccc(F)cc2)oc2cc(N(CCF)S(C)(=O)=O)c(-c3cccc(C(=O)N4CCN(C(=O)N5CCOCC5)CC4)c3)cc12. The number of nitrogens with one attached hydrogen (secondary N) is 1. The molecule has 0 atom stereocenters. The van der Waals surface area contributed by atoms with Crippen molar-refractivity contribution in [3.8, 4) is 22.5 Å². The molecule has 0 bridgehead atoms. The van der Waals surface area contributed by atoms with E-state index in [2.05, 4.69) is 5.32 Å². The van der Waals surface area contributed by atoms with Gasteiger partial charge >= 0.3 is 6.03 Å². The Bertz CT molecular complexity index is 2020. The van der Waals surface area contributed by atoms with E-state index in [1.165, 1.54) is 37.4 Å². The number of furan rings is 1. The zero-order chi connectivity index (χ0) is 35.6. The van der Waals surface area contributed by atoms with E-state index in [0.29, 0.717) is 80.1 Å². The maximum absolute atomic E-state index is 13.8. The van der Waals surface area contributed by atoms with Crippen LogP contribution in [0.3, 0.4) is 0 Å². The first-order valence-corrected chi connectivity index (χ1v) is 18.0. The lowest BCUT2D eigenvalue weighted by Crippen LogP contribution is -2.55. The summed E-state index contributed by atoms with van der Waals surface area (Å²) in [6.07, 6.45) is 0.960. The lowest BCUT2D eigenvalue weighted by molar-refractivity contribution is 0.0362. The summed E-state index contributed by atoms with van der Waals surface area (Å²) in [4.78, 5) is 45.1. The highest BCUT2D eigenvalue weighted by molar-refractivity contribution is 7.92. The lowest BCUT2D eigenvalue weighted by atomic mass is 9.97. The lowest BCUT2D eigenvalue weighted by Gasteiger charge is -2.38. The molecular weight excluding hydrogens is 672 g/mol. The number of morpholine rings is 1. The van der Waals surface area contributed by atoms with Crippen LogP contribution in [0.1, 0.15) is 20.7 Å². The maximum atomic E-state index is 13.8. The predicted molar refractivity (Wildman–Crippen MR) is 184 cm³/mol. The monoisotopic (exact) mass is 709 g/mol. The maximum Gasteiger partial charge on any atom is 0.320 e. The number of alkyl halides is 1. The minimum Gasteiger partial charge on any atom is -0.455 e. The molecule has 4 aromatic rings. The highest BCUT2D eigenvalue weighted by Gasteiger charge is 2.30. The van der Waals surface area contributed by atoms with E-state index in [4.69, 9.17) is 9.15 Å². The van der Waals surface area contributed by atoms with Crippen LogP contribution in [-0.4, -0.2) is 120 Å². The molecule has 0 unspecified atom stereocenters. The topological polar surface area (TPSA) is 133 Å². The summed E-state index contributed by atoms with van der Waals surface area (Å²) >= 11 is 0. The average molecular weight is 710 g/mol. The standard InChI is InChI=1S/C35H37F2N5O7S/c1-38-33(43)31-28-21-27(29(42(11-10-36)50(2,46)47)22-30(28)49-32(31)23-6-8-26(37)9-7-23)24-4-3-5-25(20-24)34(44)39-12-14-40(15-13-39)35(45)41-16-18-48-19-17-41/h3-9,20-22H,10-19H2,1-2H3,(H,38,43). The summed E-state index contributed by atoms with van der Waals surface area (Å²) < 4.78 is 66.0. The van der Waals surface area contributed by atoms with Crippen LogP contribution in [0, 0.1) is 5.82 Å². The number of nitrogens with zero attached hydrogens (tertiary/aromatic N) is 4. The van der Waals surface area contributed by atoms with Crippen molar-refractivity contribution < 1.29 is 40.7 Å². The first kappa shape index (κ1) is 34.8. The van der Waals surface area contributed by atoms with E-state index in [0.717, 1.165) is 10.6 Å². The molecule has 15 heteroatoms. The summed E-state index contributed by atoms with van der Waals surface area (Å²) in [6, 6.07) is 14.9. The molecular formula is C35H37F2N5O7S. The highest BCUT2D eigenvalue weighted by Crippen LogP contribution is 2.42. The molecule has 2 fully saturated rings. The molecule has 1 N–H and O–H groups in total. The Balaban J connectivity index is 1.39. The van der Waals surface area contributed by atoms with E-state index < -0.39 is 35.0 Å². The Labute approximate surface area is 288 Å². The van der Waals surface area contributed by atoms with Gasteiger partial charge in [-0.2, -0.15) is 0 Å². The zero-order valence-corrected chi connectivity index (χ0v) is 28.5. The number of fused-ring (bicyclic) bond motifs is 1. The number of sulfonamides is 1. The fourth-order valence-electron chi connectivity index (χ4n) is 6.32. The molecule has 6 rings (SSSR count). The summed E-state index contributed by atoms with van der Waals surface area (Å²) in [5, 5.41) is 2.93. The van der Waals surface area contributed by atoms with Crippen molar-refractivity contribution in [1.82, 2.24) is 20.0 Å². The Morgan fingerprint density at radius 1 is 0.880 bits per heavy atom. The van der Waals surface area contributed by atoms with E-state index in [-0.39, 0.29) is 34.5 Å². The van der Waals surface area contributed by atoms with Gasteiger partial charge in [0.2, 0.25) is 10.0 Å². The number of amides is 4. The molecule has 2 aliphatic heterocycles. The Hall–Kier alpha value is -5.02. The molecule has 2 aliphatic rings. The molecule has 0 saturated carbocycles. The van der Waals surface area contributed by atoms with Crippen molar-refractivity contribution in [1.29, 1.82) is 0 Å². The van der Waals surface area contributed by atoms with Gasteiger partial charge in [-0.05, 0) is 48.0 Å². The first-order chi connectivity index (χ1) is 24.0. The van der Waals surface area contributed by atoms with E-state index in [1.807, 2.05) is 0 Å². The summed E-state index contributed by atoms with van der Waals surface area (Å²) in [5.41, 5.74) is 1.84. The van der Waals surface area contributed by atoms with Crippen molar-refractivity contribution >= 4 is 44.5 Å². The van der Waals surface area contributed by atoms with Gasteiger partial charge in [0.1, 0.15) is 23.8 Å². The zero-order valence-electron chi connectivity index (χ0n) is 27.7. The van der Waals surface area contributed by atoms with Crippen molar-refractivity contribution in [2.45, 2.75) is 0 Å². The van der Waals surface area contributed by atoms with Crippen LogP contribution in [0.25, 0.3) is 33.4 Å². The second-order valence-electron chi connectivity index (χ2n) is 12.0. The number of hydrogen-bond donors (Lipinski definition) is 1. The predicted octanol–water partition coefficient (Wildman–Crippen LogP) is 4.21. The molecule has 12 nitrogen and oxygen atoms in total. The molecule has 1 aromatic heterocycles. The molecule has 4 amide bonds. The van der Waals surface area contributed by atoms with Crippen LogP contribution in [-0.2, 0) is 14.8 Å². The number of carbonyl (C=O) groups is 3. The minimum absolute atomic E-state index is 0.0769. The van der Waals surface area contributed by atoms with Crippen molar-refractivity contribution in [3.05, 3.63) is 77.6 Å². The normalized spacial score (nSPS) is 15.3. The van der Waals surface area contributed by atoms with Gasteiger partial charge in [-0.3, -0.25) is 13.9 Å². The minimum atomic E-state index is -4.01.